The number of benzene rings is 1. The van der Waals surface area contributed by atoms with Crippen molar-refractivity contribution in [3.8, 4) is 0 Å². The largest absolute Gasteiger partial charge is 0.272 e. The zero-order valence-electron chi connectivity index (χ0n) is 8.70. The molecule has 0 bridgehead atoms. The summed E-state index contributed by atoms with van der Waals surface area (Å²) in [4.78, 5) is 3.70. The van der Waals surface area contributed by atoms with Gasteiger partial charge < -0.3 is 0 Å². The fourth-order valence-electron chi connectivity index (χ4n) is 1.24. The molecule has 0 aliphatic rings. The van der Waals surface area contributed by atoms with E-state index in [1.165, 1.54) is 11.1 Å². The van der Waals surface area contributed by atoms with Crippen LogP contribution in [0.15, 0.2) is 47.6 Å². The normalized spacial score (nSPS) is 12.0. The number of aliphatic imine (C=N–C) groups is 1. The summed E-state index contributed by atoms with van der Waals surface area (Å²) in [5, 5.41) is 0. The van der Waals surface area contributed by atoms with E-state index >= 15 is 0 Å². The van der Waals surface area contributed by atoms with Gasteiger partial charge in [0.2, 0.25) is 0 Å². The Balaban J connectivity index is 2.96. The Morgan fingerprint density at radius 2 is 1.93 bits per heavy atom. The van der Waals surface area contributed by atoms with Crippen molar-refractivity contribution in [2.45, 2.75) is 13.8 Å². The van der Waals surface area contributed by atoms with Gasteiger partial charge in [-0.15, -0.1) is 0 Å². The van der Waals surface area contributed by atoms with Gasteiger partial charge in [0.1, 0.15) is 0 Å². The third-order valence-electron chi connectivity index (χ3n) is 2.06. The number of rotatable bonds is 3. The van der Waals surface area contributed by atoms with Gasteiger partial charge in [0, 0.05) is 6.20 Å². The van der Waals surface area contributed by atoms with E-state index in [9.17, 15) is 0 Å². The lowest BCUT2D eigenvalue weighted by molar-refractivity contribution is 1.45. The van der Waals surface area contributed by atoms with E-state index in [0.717, 1.165) is 5.57 Å². The van der Waals surface area contributed by atoms with Gasteiger partial charge in [-0.25, -0.2) is 0 Å². The first-order valence-corrected chi connectivity index (χ1v) is 4.63. The van der Waals surface area contributed by atoms with Crippen molar-refractivity contribution in [1.82, 2.24) is 0 Å². The van der Waals surface area contributed by atoms with Crippen LogP contribution in [0.25, 0.3) is 5.57 Å². The van der Waals surface area contributed by atoms with Gasteiger partial charge in [-0.05, 0) is 37.8 Å². The molecule has 1 heteroatoms. The summed E-state index contributed by atoms with van der Waals surface area (Å²) < 4.78 is 0. The third kappa shape index (κ3) is 2.70. The second kappa shape index (κ2) is 5.18. The summed E-state index contributed by atoms with van der Waals surface area (Å²) in [7, 11) is 0. The van der Waals surface area contributed by atoms with Gasteiger partial charge in [0.05, 0.1) is 0 Å². The Morgan fingerprint density at radius 3 is 2.43 bits per heavy atom. The third-order valence-corrected chi connectivity index (χ3v) is 2.06. The molecule has 0 aliphatic heterocycles. The maximum Gasteiger partial charge on any atom is 0.0266 e. The monoisotopic (exact) mass is 185 g/mol. The van der Waals surface area contributed by atoms with E-state index in [0.29, 0.717) is 0 Å². The van der Waals surface area contributed by atoms with E-state index in [1.807, 2.05) is 13.0 Å². The van der Waals surface area contributed by atoms with Crippen LogP contribution in [-0.2, 0) is 0 Å². The molecule has 0 saturated heterocycles. The summed E-state index contributed by atoms with van der Waals surface area (Å²) in [6.07, 6.45) is 5.72. The first-order valence-electron chi connectivity index (χ1n) is 4.63. The topological polar surface area (TPSA) is 12.4 Å². The number of hydrogen-bond acceptors (Lipinski definition) is 1. The standard InChI is InChI=1S/C13H15N/c1-4-12(9-10-14-3)13-7-5-11(2)6-8-13/h4-10H,3H2,1-2H3/b10-9-,12-4+. The molecule has 1 nitrogen and oxygen atoms in total. The minimum Gasteiger partial charge on any atom is -0.272 e. The molecule has 0 heterocycles. The fraction of sp³-hybridized carbons (Fsp3) is 0.154. The van der Waals surface area contributed by atoms with Crippen LogP contribution in [0.1, 0.15) is 18.1 Å². The zero-order valence-corrected chi connectivity index (χ0v) is 8.70. The molecular formula is C13H15N. The van der Waals surface area contributed by atoms with E-state index in [4.69, 9.17) is 0 Å². The zero-order chi connectivity index (χ0) is 10.4. The number of allylic oxidation sites excluding steroid dienone is 3. The number of nitrogens with zero attached hydrogens (tertiary/aromatic N) is 1. The highest BCUT2D eigenvalue weighted by molar-refractivity contribution is 5.73. The van der Waals surface area contributed by atoms with Gasteiger partial charge in [-0.2, -0.15) is 0 Å². The molecule has 1 rings (SSSR count). The minimum atomic E-state index is 1.16. The molecule has 0 N–H and O–H groups in total. The molecule has 0 spiro atoms. The van der Waals surface area contributed by atoms with Crippen LogP contribution in [0.3, 0.4) is 0 Å². The molecule has 72 valence electrons. The van der Waals surface area contributed by atoms with Gasteiger partial charge in [-0.1, -0.05) is 35.9 Å². The Kier molecular flexibility index (Phi) is 3.86. The summed E-state index contributed by atoms with van der Waals surface area (Å²) in [5.74, 6) is 0. The van der Waals surface area contributed by atoms with E-state index in [1.54, 1.807) is 6.20 Å². The van der Waals surface area contributed by atoms with Crippen molar-refractivity contribution in [3.63, 3.8) is 0 Å². The number of aryl methyl sites for hydroxylation is 1. The maximum absolute atomic E-state index is 3.70. The molecule has 1 aromatic carbocycles. The average molecular weight is 185 g/mol. The molecule has 14 heavy (non-hydrogen) atoms. The molecule has 0 radical (unpaired) electrons. The van der Waals surface area contributed by atoms with E-state index in [2.05, 4.69) is 49.0 Å². The fourth-order valence-corrected chi connectivity index (χ4v) is 1.24. The molecule has 0 atom stereocenters. The first kappa shape index (κ1) is 10.5. The lowest BCUT2D eigenvalue weighted by atomic mass is 10.0. The SMILES string of the molecule is C=N/C=C\C(=C/C)c1ccc(C)cc1. The maximum atomic E-state index is 3.70. The molecule has 0 aromatic heterocycles. The molecule has 0 saturated carbocycles. The van der Waals surface area contributed by atoms with Gasteiger partial charge in [0.25, 0.3) is 0 Å². The van der Waals surface area contributed by atoms with E-state index in [-0.39, 0.29) is 0 Å². The molecule has 0 fully saturated rings. The van der Waals surface area contributed by atoms with E-state index < -0.39 is 0 Å². The quantitative estimate of drug-likeness (QED) is 0.504. The Morgan fingerprint density at radius 1 is 1.29 bits per heavy atom. The van der Waals surface area contributed by atoms with Crippen molar-refractivity contribution >= 4 is 12.3 Å². The van der Waals surface area contributed by atoms with Crippen LogP contribution in [-0.4, -0.2) is 6.72 Å². The van der Waals surface area contributed by atoms with Crippen molar-refractivity contribution in [2.24, 2.45) is 4.99 Å². The highest BCUT2D eigenvalue weighted by atomic mass is 14.6. The average Bonchev–Trinajstić information content (AvgIpc) is 2.21. The van der Waals surface area contributed by atoms with Crippen molar-refractivity contribution in [3.05, 3.63) is 53.7 Å². The van der Waals surface area contributed by atoms with Gasteiger partial charge in [0.15, 0.2) is 0 Å². The van der Waals surface area contributed by atoms with Crippen LogP contribution in [0.2, 0.25) is 0 Å². The number of hydrogen-bond donors (Lipinski definition) is 0. The Labute approximate surface area is 85.5 Å². The van der Waals surface area contributed by atoms with Crippen LogP contribution >= 0.6 is 0 Å². The Bertz CT molecular complexity index is 355. The lowest BCUT2D eigenvalue weighted by Gasteiger charge is -2.01. The lowest BCUT2D eigenvalue weighted by Crippen LogP contribution is -1.80. The first-order chi connectivity index (χ1) is 6.77. The van der Waals surface area contributed by atoms with Gasteiger partial charge >= 0.3 is 0 Å². The second-order valence-electron chi connectivity index (χ2n) is 3.11. The minimum absolute atomic E-state index is 1.16. The second-order valence-corrected chi connectivity index (χ2v) is 3.11. The van der Waals surface area contributed by atoms with Crippen LogP contribution in [0.4, 0.5) is 0 Å². The highest BCUT2D eigenvalue weighted by Crippen LogP contribution is 2.16. The molecular weight excluding hydrogens is 170 g/mol. The smallest absolute Gasteiger partial charge is 0.0266 e. The predicted molar refractivity (Wildman–Crippen MR) is 63.5 cm³/mol. The van der Waals surface area contributed by atoms with Crippen LogP contribution in [0.5, 0.6) is 0 Å². The van der Waals surface area contributed by atoms with Crippen molar-refractivity contribution in [1.29, 1.82) is 0 Å². The summed E-state index contributed by atoms with van der Waals surface area (Å²) in [5.41, 5.74) is 3.64. The molecule has 0 unspecified atom stereocenters. The summed E-state index contributed by atoms with van der Waals surface area (Å²) in [6.45, 7) is 7.51. The summed E-state index contributed by atoms with van der Waals surface area (Å²) in [6, 6.07) is 8.43. The van der Waals surface area contributed by atoms with Crippen LogP contribution in [0, 0.1) is 6.92 Å². The summed E-state index contributed by atoms with van der Waals surface area (Å²) >= 11 is 0. The molecule has 1 aromatic rings. The van der Waals surface area contributed by atoms with Crippen molar-refractivity contribution < 1.29 is 0 Å². The Hall–Kier alpha value is -1.63. The van der Waals surface area contributed by atoms with Crippen LogP contribution < -0.4 is 0 Å². The van der Waals surface area contributed by atoms with Crippen molar-refractivity contribution in [2.75, 3.05) is 0 Å². The molecule has 0 amide bonds. The van der Waals surface area contributed by atoms with Gasteiger partial charge in [-0.3, -0.25) is 4.99 Å². The highest BCUT2D eigenvalue weighted by Gasteiger charge is 1.94. The predicted octanol–water partition coefficient (Wildman–Crippen LogP) is 3.61. The molecule has 0 aliphatic carbocycles.